The second kappa shape index (κ2) is 6.61. The number of aryl methyl sites for hydroxylation is 1. The monoisotopic (exact) mass is 407 g/mol. The second-order valence-electron chi connectivity index (χ2n) is 7.60. The van der Waals surface area contributed by atoms with E-state index in [2.05, 4.69) is 9.82 Å². The fourth-order valence-electron chi connectivity index (χ4n) is 2.92. The molecule has 1 saturated heterocycles. The molecule has 26 heavy (non-hydrogen) atoms. The third kappa shape index (κ3) is 4.09. The van der Waals surface area contributed by atoms with Crippen LogP contribution in [0.25, 0.3) is 0 Å². The number of sulfone groups is 1. The highest BCUT2D eigenvalue weighted by Gasteiger charge is 2.48. The molecule has 2 heterocycles. The normalized spacial score (nSPS) is 19.9. The molecule has 0 amide bonds. The Morgan fingerprint density at radius 1 is 1.31 bits per heavy atom. The van der Waals surface area contributed by atoms with Crippen molar-refractivity contribution in [3.8, 4) is 0 Å². The van der Waals surface area contributed by atoms with Crippen molar-refractivity contribution in [3.63, 3.8) is 0 Å². The lowest BCUT2D eigenvalue weighted by molar-refractivity contribution is -0.148. The van der Waals surface area contributed by atoms with E-state index in [0.717, 1.165) is 7.11 Å². The third-order valence-electron chi connectivity index (χ3n) is 4.38. The van der Waals surface area contributed by atoms with Crippen LogP contribution in [0.5, 0.6) is 0 Å². The van der Waals surface area contributed by atoms with Gasteiger partial charge in [-0.05, 0) is 12.8 Å². The molecule has 1 aliphatic heterocycles. The number of sulfonamides is 1. The summed E-state index contributed by atoms with van der Waals surface area (Å²) in [4.78, 5) is 12.3. The van der Waals surface area contributed by atoms with Gasteiger partial charge in [0.05, 0.1) is 24.3 Å². The maximum atomic E-state index is 13.0. The molecule has 148 valence electrons. The quantitative estimate of drug-likeness (QED) is 0.703. The molecule has 0 saturated carbocycles. The van der Waals surface area contributed by atoms with Crippen LogP contribution in [0.4, 0.5) is 0 Å². The highest BCUT2D eigenvalue weighted by molar-refractivity contribution is 7.91. The molecule has 0 unspecified atom stereocenters. The van der Waals surface area contributed by atoms with E-state index in [-0.39, 0.29) is 29.2 Å². The van der Waals surface area contributed by atoms with Crippen LogP contribution in [-0.2, 0) is 41.9 Å². The maximum absolute atomic E-state index is 13.0. The van der Waals surface area contributed by atoms with Crippen molar-refractivity contribution < 1.29 is 26.4 Å². The van der Waals surface area contributed by atoms with Crippen LogP contribution in [0.2, 0.25) is 0 Å². The lowest BCUT2D eigenvalue weighted by Crippen LogP contribution is -2.58. The highest BCUT2D eigenvalue weighted by atomic mass is 32.2. The van der Waals surface area contributed by atoms with Crippen molar-refractivity contribution in [2.75, 3.05) is 18.6 Å². The summed E-state index contributed by atoms with van der Waals surface area (Å²) >= 11 is 0. The summed E-state index contributed by atoms with van der Waals surface area (Å²) in [7, 11) is -4.68. The number of carbonyl (C=O) groups is 1. The zero-order chi connectivity index (χ0) is 20.0. The summed E-state index contributed by atoms with van der Waals surface area (Å²) in [5, 5.41) is 4.24. The van der Waals surface area contributed by atoms with Gasteiger partial charge in [0.2, 0.25) is 10.0 Å². The molecule has 0 atom stereocenters. The van der Waals surface area contributed by atoms with Gasteiger partial charge in [0.15, 0.2) is 0 Å². The van der Waals surface area contributed by atoms with Gasteiger partial charge in [-0.15, -0.1) is 0 Å². The fraction of sp³-hybridized carbons (Fsp3) is 0.733. The number of nitrogens with zero attached hydrogens (tertiary/aromatic N) is 2. The molecule has 1 N–H and O–H groups in total. The lowest BCUT2D eigenvalue weighted by atomic mass is 9.92. The smallest absolute Gasteiger partial charge is 0.327 e. The van der Waals surface area contributed by atoms with Crippen molar-refractivity contribution in [1.82, 2.24) is 14.5 Å². The Morgan fingerprint density at radius 3 is 2.31 bits per heavy atom. The molecule has 1 aromatic rings. The summed E-state index contributed by atoms with van der Waals surface area (Å²) in [6.45, 7) is 5.49. The number of methoxy groups -OCH3 is 1. The number of hydrogen-bond acceptors (Lipinski definition) is 7. The first-order valence-electron chi connectivity index (χ1n) is 8.09. The number of nitrogens with one attached hydrogen (secondary N) is 1. The standard InChI is InChI=1S/C15H25N3O6S2/c1-14(2,3)12-11(10-18(4)16-12)26(22,23)17-15(13(19)24-5)6-8-25(20,21)9-7-15/h10,17H,6-9H2,1-5H3. The van der Waals surface area contributed by atoms with Gasteiger partial charge in [0, 0.05) is 18.7 Å². The van der Waals surface area contributed by atoms with Crippen LogP contribution in [0.1, 0.15) is 39.3 Å². The van der Waals surface area contributed by atoms with Gasteiger partial charge in [-0.3, -0.25) is 9.48 Å². The van der Waals surface area contributed by atoms with Gasteiger partial charge >= 0.3 is 5.97 Å². The zero-order valence-electron chi connectivity index (χ0n) is 15.6. The highest BCUT2D eigenvalue weighted by Crippen LogP contribution is 2.31. The molecule has 1 aromatic heterocycles. The summed E-state index contributed by atoms with van der Waals surface area (Å²) in [5.41, 5.74) is -1.79. The predicted molar refractivity (Wildman–Crippen MR) is 94.9 cm³/mol. The molecule has 0 aromatic carbocycles. The topological polar surface area (TPSA) is 124 Å². The SMILES string of the molecule is COC(=O)C1(NS(=O)(=O)c2cn(C)nc2C(C)(C)C)CCS(=O)(=O)CC1. The Balaban J connectivity index is 2.48. The lowest BCUT2D eigenvalue weighted by Gasteiger charge is -2.34. The number of ether oxygens (including phenoxy) is 1. The zero-order valence-corrected chi connectivity index (χ0v) is 17.2. The Labute approximate surface area is 154 Å². The summed E-state index contributed by atoms with van der Waals surface area (Å²) in [6, 6.07) is 0. The number of aromatic nitrogens is 2. The van der Waals surface area contributed by atoms with Gasteiger partial charge in [0.25, 0.3) is 0 Å². The Morgan fingerprint density at radius 2 is 1.85 bits per heavy atom. The second-order valence-corrected chi connectivity index (χ2v) is 11.6. The molecule has 0 aliphatic carbocycles. The first kappa shape index (κ1) is 20.8. The molecule has 1 aliphatic rings. The summed E-state index contributed by atoms with van der Waals surface area (Å²) < 4.78 is 58.1. The van der Waals surface area contributed by atoms with E-state index in [9.17, 15) is 21.6 Å². The average Bonchev–Trinajstić information content (AvgIpc) is 2.92. The fourth-order valence-corrected chi connectivity index (χ4v) is 6.25. The van der Waals surface area contributed by atoms with Gasteiger partial charge in [-0.2, -0.15) is 9.82 Å². The van der Waals surface area contributed by atoms with Crippen LogP contribution in [0.15, 0.2) is 11.1 Å². The van der Waals surface area contributed by atoms with E-state index in [1.54, 1.807) is 7.05 Å². The Kier molecular flexibility index (Phi) is 5.30. The first-order valence-corrected chi connectivity index (χ1v) is 11.4. The molecule has 11 heteroatoms. The van der Waals surface area contributed by atoms with Crippen molar-refractivity contribution >= 4 is 25.8 Å². The molecule has 2 rings (SSSR count). The van der Waals surface area contributed by atoms with Crippen LogP contribution < -0.4 is 4.72 Å². The van der Waals surface area contributed by atoms with Crippen molar-refractivity contribution in [3.05, 3.63) is 11.9 Å². The Bertz CT molecular complexity index is 896. The first-order chi connectivity index (χ1) is 11.7. The van der Waals surface area contributed by atoms with E-state index >= 15 is 0 Å². The Hall–Kier alpha value is -1.46. The van der Waals surface area contributed by atoms with Crippen molar-refractivity contribution in [1.29, 1.82) is 0 Å². The number of esters is 1. The minimum Gasteiger partial charge on any atom is -0.468 e. The van der Waals surface area contributed by atoms with Crippen LogP contribution in [0, 0.1) is 0 Å². The van der Waals surface area contributed by atoms with Gasteiger partial charge < -0.3 is 4.74 Å². The van der Waals surface area contributed by atoms with E-state index in [1.807, 2.05) is 20.8 Å². The molecule has 1 fully saturated rings. The van der Waals surface area contributed by atoms with E-state index in [0.29, 0.717) is 5.69 Å². The number of carbonyl (C=O) groups excluding carboxylic acids is 1. The van der Waals surface area contributed by atoms with Crippen molar-refractivity contribution in [2.24, 2.45) is 7.05 Å². The summed E-state index contributed by atoms with van der Waals surface area (Å²) in [5.74, 6) is -1.37. The maximum Gasteiger partial charge on any atom is 0.327 e. The minimum atomic E-state index is -4.13. The van der Waals surface area contributed by atoms with Crippen molar-refractivity contribution in [2.45, 2.75) is 49.5 Å². The molecule has 0 bridgehead atoms. The third-order valence-corrected chi connectivity index (χ3v) is 7.57. The number of hydrogen-bond donors (Lipinski definition) is 1. The average molecular weight is 408 g/mol. The van der Waals surface area contributed by atoms with E-state index < -0.39 is 36.8 Å². The van der Waals surface area contributed by atoms with E-state index in [4.69, 9.17) is 4.74 Å². The molecule has 9 nitrogen and oxygen atoms in total. The van der Waals surface area contributed by atoms with Gasteiger partial charge in [0.1, 0.15) is 20.3 Å². The molecule has 0 spiro atoms. The number of rotatable bonds is 4. The van der Waals surface area contributed by atoms with E-state index in [1.165, 1.54) is 10.9 Å². The predicted octanol–water partition coefficient (Wildman–Crippen LogP) is 0.116. The van der Waals surface area contributed by atoms with Gasteiger partial charge in [-0.1, -0.05) is 20.8 Å². The molecular formula is C15H25N3O6S2. The summed E-state index contributed by atoms with van der Waals surface area (Å²) in [6.07, 6.45) is 1.02. The van der Waals surface area contributed by atoms with Crippen LogP contribution >= 0.6 is 0 Å². The van der Waals surface area contributed by atoms with Crippen LogP contribution in [0.3, 0.4) is 0 Å². The van der Waals surface area contributed by atoms with Gasteiger partial charge in [-0.25, -0.2) is 16.8 Å². The van der Waals surface area contributed by atoms with Crippen LogP contribution in [-0.4, -0.2) is 56.7 Å². The molecule has 0 radical (unpaired) electrons. The minimum absolute atomic E-state index is 0.0378. The molecular weight excluding hydrogens is 382 g/mol. The largest absolute Gasteiger partial charge is 0.468 e.